The Kier molecular flexibility index (Phi) is 1.72. The van der Waals surface area contributed by atoms with Gasteiger partial charge in [0.05, 0.1) is 12.5 Å². The minimum absolute atomic E-state index is 0.333. The molecule has 0 saturated heterocycles. The van der Waals surface area contributed by atoms with Crippen molar-refractivity contribution in [2.45, 2.75) is 0 Å². The highest BCUT2D eigenvalue weighted by atomic mass is 35.7. The minimum atomic E-state index is 0.333. The van der Waals surface area contributed by atoms with E-state index in [1.807, 2.05) is 6.07 Å². The third kappa shape index (κ3) is 1.19. The van der Waals surface area contributed by atoms with Crippen molar-refractivity contribution in [1.82, 2.24) is 0 Å². The number of hydrogen-bond donors (Lipinski definition) is 0. The van der Waals surface area contributed by atoms with Gasteiger partial charge in [0, 0.05) is 13.2 Å². The van der Waals surface area contributed by atoms with E-state index in [-0.39, 0.29) is 0 Å². The van der Waals surface area contributed by atoms with Crippen LogP contribution in [0.3, 0.4) is 0 Å². The van der Waals surface area contributed by atoms with Gasteiger partial charge in [-0.15, -0.1) is 0 Å². The van der Waals surface area contributed by atoms with Gasteiger partial charge < -0.3 is 4.42 Å². The molecule has 1 atom stereocenters. The molecule has 1 unspecified atom stereocenters. The lowest BCUT2D eigenvalue weighted by Crippen LogP contribution is -1.78. The van der Waals surface area contributed by atoms with E-state index in [4.69, 9.17) is 15.7 Å². The van der Waals surface area contributed by atoms with Gasteiger partial charge in [0.25, 0.3) is 0 Å². The van der Waals surface area contributed by atoms with E-state index in [9.17, 15) is 0 Å². The highest BCUT2D eigenvalue weighted by Crippen LogP contribution is 2.14. The molecule has 1 heterocycles. The third-order valence-electron chi connectivity index (χ3n) is 0.630. The van der Waals surface area contributed by atoms with E-state index >= 15 is 0 Å². The third-order valence-corrected chi connectivity index (χ3v) is 1.79. The van der Waals surface area contributed by atoms with Crippen LogP contribution in [-0.2, 0) is 0 Å². The molecule has 3 heteroatoms. The Morgan fingerprint density at radius 1 is 1.71 bits per heavy atom. The highest BCUT2D eigenvalue weighted by molar-refractivity contribution is 7.74. The molecule has 0 radical (unpaired) electrons. The summed E-state index contributed by atoms with van der Waals surface area (Å²) in [6.07, 6.45) is 3.26. The van der Waals surface area contributed by atoms with Crippen molar-refractivity contribution in [2.24, 2.45) is 0 Å². The second kappa shape index (κ2) is 2.34. The van der Waals surface area contributed by atoms with Crippen LogP contribution in [-0.4, -0.2) is 0 Å². The van der Waals surface area contributed by atoms with Crippen molar-refractivity contribution in [2.75, 3.05) is 0 Å². The predicted octanol–water partition coefficient (Wildman–Crippen LogP) is 1.74. The first-order valence-corrected chi connectivity index (χ1v) is 3.83. The summed E-state index contributed by atoms with van der Waals surface area (Å²) >= 11 is 5.44. The summed E-state index contributed by atoms with van der Waals surface area (Å²) in [5.74, 6) is 0. The Labute approximate surface area is 48.2 Å². The Hall–Kier alpha value is -0.0000000000000000555. The highest BCUT2D eigenvalue weighted by Gasteiger charge is 1.85. The fourth-order valence-corrected chi connectivity index (χ4v) is 0.884. The smallest absolute Gasteiger partial charge is 0.0988 e. The standard InChI is InChI=1S/C4H4ClOP/c5-7-4-1-2-6-3-4/h1-3,7H. The maximum atomic E-state index is 5.44. The Bertz CT molecular complexity index is 126. The predicted molar refractivity (Wildman–Crippen MR) is 32.5 cm³/mol. The quantitative estimate of drug-likeness (QED) is 0.533. The lowest BCUT2D eigenvalue weighted by atomic mass is 10.7. The monoisotopic (exact) mass is 134 g/mol. The molecule has 0 aliphatic rings. The fourth-order valence-electron chi connectivity index (χ4n) is 0.318. The van der Waals surface area contributed by atoms with Crippen LogP contribution in [0.15, 0.2) is 23.0 Å². The summed E-state index contributed by atoms with van der Waals surface area (Å²) in [6.45, 7) is 0. The van der Waals surface area contributed by atoms with E-state index in [0.717, 1.165) is 5.30 Å². The van der Waals surface area contributed by atoms with Crippen molar-refractivity contribution in [3.8, 4) is 0 Å². The first kappa shape index (κ1) is 5.14. The molecular formula is C4H4ClOP. The van der Waals surface area contributed by atoms with Crippen LogP contribution in [0.5, 0.6) is 0 Å². The van der Waals surface area contributed by atoms with Crippen molar-refractivity contribution in [1.29, 1.82) is 0 Å². The second-order valence-corrected chi connectivity index (χ2v) is 2.44. The summed E-state index contributed by atoms with van der Waals surface area (Å²) in [5, 5.41) is 1.06. The molecule has 0 fully saturated rings. The van der Waals surface area contributed by atoms with Gasteiger partial charge in [0.1, 0.15) is 0 Å². The molecule has 0 aliphatic heterocycles. The van der Waals surface area contributed by atoms with Gasteiger partial charge in [-0.05, 0) is 6.07 Å². The largest absolute Gasteiger partial charge is 0.472 e. The normalized spacial score (nSPS) is 11.0. The summed E-state index contributed by atoms with van der Waals surface area (Å²) in [7, 11) is 0.333. The molecule has 0 spiro atoms. The average molecular weight is 135 g/mol. The topological polar surface area (TPSA) is 13.1 Å². The Morgan fingerprint density at radius 3 is 2.86 bits per heavy atom. The first-order chi connectivity index (χ1) is 3.43. The molecule has 1 aromatic rings. The van der Waals surface area contributed by atoms with Crippen molar-refractivity contribution in [3.63, 3.8) is 0 Å². The molecule has 1 rings (SSSR count). The van der Waals surface area contributed by atoms with Crippen LogP contribution in [0.1, 0.15) is 0 Å². The molecule has 0 saturated carbocycles. The summed E-state index contributed by atoms with van der Waals surface area (Å²) in [5.41, 5.74) is 0. The molecule has 0 N–H and O–H groups in total. The molecule has 0 aromatic carbocycles. The molecule has 7 heavy (non-hydrogen) atoms. The van der Waals surface area contributed by atoms with Gasteiger partial charge in [-0.1, -0.05) is 11.2 Å². The minimum Gasteiger partial charge on any atom is -0.472 e. The second-order valence-electron chi connectivity index (χ2n) is 1.11. The van der Waals surface area contributed by atoms with Gasteiger partial charge in [-0.2, -0.15) is 0 Å². The van der Waals surface area contributed by atoms with Crippen LogP contribution in [0, 0.1) is 0 Å². The zero-order valence-corrected chi connectivity index (χ0v) is 5.27. The fraction of sp³-hybridized carbons (Fsp3) is 0. The molecule has 0 aliphatic carbocycles. The van der Waals surface area contributed by atoms with Crippen LogP contribution < -0.4 is 5.30 Å². The van der Waals surface area contributed by atoms with Crippen LogP contribution in [0.25, 0.3) is 0 Å². The van der Waals surface area contributed by atoms with Gasteiger partial charge in [-0.3, -0.25) is 0 Å². The molecule has 0 bridgehead atoms. The number of halogens is 1. The van der Waals surface area contributed by atoms with Crippen LogP contribution in [0.2, 0.25) is 0 Å². The van der Waals surface area contributed by atoms with Gasteiger partial charge >= 0.3 is 0 Å². The van der Waals surface area contributed by atoms with Crippen molar-refractivity contribution < 1.29 is 4.42 Å². The van der Waals surface area contributed by atoms with Gasteiger partial charge in [0.15, 0.2) is 0 Å². The molecule has 38 valence electrons. The van der Waals surface area contributed by atoms with Crippen molar-refractivity contribution >= 4 is 24.5 Å². The zero-order chi connectivity index (χ0) is 5.11. The summed E-state index contributed by atoms with van der Waals surface area (Å²) in [6, 6.07) is 1.85. The van der Waals surface area contributed by atoms with E-state index in [1.54, 1.807) is 12.5 Å². The van der Waals surface area contributed by atoms with Gasteiger partial charge in [0.2, 0.25) is 0 Å². The average Bonchev–Trinajstić information content (AvgIpc) is 2.14. The van der Waals surface area contributed by atoms with Crippen LogP contribution >= 0.6 is 19.2 Å². The Morgan fingerprint density at radius 2 is 2.57 bits per heavy atom. The van der Waals surface area contributed by atoms with Gasteiger partial charge in [-0.25, -0.2) is 0 Å². The zero-order valence-electron chi connectivity index (χ0n) is 3.52. The molecule has 1 nitrogen and oxygen atoms in total. The lowest BCUT2D eigenvalue weighted by Gasteiger charge is -1.74. The maximum Gasteiger partial charge on any atom is 0.0988 e. The number of furan rings is 1. The van der Waals surface area contributed by atoms with Crippen LogP contribution in [0.4, 0.5) is 0 Å². The first-order valence-electron chi connectivity index (χ1n) is 1.82. The number of hydrogen-bond acceptors (Lipinski definition) is 1. The Balaban J connectivity index is 2.76. The number of rotatable bonds is 1. The molecule has 1 aromatic heterocycles. The summed E-state index contributed by atoms with van der Waals surface area (Å²) < 4.78 is 4.73. The molecule has 0 amide bonds. The van der Waals surface area contributed by atoms with E-state index in [1.165, 1.54) is 0 Å². The van der Waals surface area contributed by atoms with E-state index in [0.29, 0.717) is 7.93 Å². The maximum absolute atomic E-state index is 5.44. The lowest BCUT2D eigenvalue weighted by molar-refractivity contribution is 0.569. The van der Waals surface area contributed by atoms with E-state index in [2.05, 4.69) is 0 Å². The van der Waals surface area contributed by atoms with E-state index < -0.39 is 0 Å². The summed E-state index contributed by atoms with van der Waals surface area (Å²) in [4.78, 5) is 0. The van der Waals surface area contributed by atoms with Crippen molar-refractivity contribution in [3.05, 3.63) is 18.6 Å². The molecular weight excluding hydrogens is 130 g/mol. The SMILES string of the molecule is ClPc1ccoc1.